The first kappa shape index (κ1) is 25.6. The van der Waals surface area contributed by atoms with Gasteiger partial charge in [0.1, 0.15) is 18.1 Å². The van der Waals surface area contributed by atoms with Crippen LogP contribution < -0.4 is 9.47 Å². The van der Waals surface area contributed by atoms with Crippen LogP contribution in [0.1, 0.15) is 34.5 Å². The van der Waals surface area contributed by atoms with Gasteiger partial charge in [-0.05, 0) is 74.2 Å². The van der Waals surface area contributed by atoms with Crippen molar-refractivity contribution in [1.29, 1.82) is 0 Å². The van der Waals surface area contributed by atoms with E-state index in [1.807, 2.05) is 36.2 Å². The summed E-state index contributed by atoms with van der Waals surface area (Å²) in [7, 11) is 3.58. The van der Waals surface area contributed by atoms with Crippen molar-refractivity contribution in [1.82, 2.24) is 9.80 Å². The maximum atomic E-state index is 13.2. The van der Waals surface area contributed by atoms with Crippen LogP contribution in [0, 0.1) is 5.92 Å². The predicted molar refractivity (Wildman–Crippen MR) is 141 cm³/mol. The summed E-state index contributed by atoms with van der Waals surface area (Å²) in [5.41, 5.74) is 2.35. The lowest BCUT2D eigenvalue weighted by Gasteiger charge is -2.40. The lowest BCUT2D eigenvalue weighted by Crippen LogP contribution is -2.47. The van der Waals surface area contributed by atoms with Gasteiger partial charge in [-0.3, -0.25) is 9.69 Å². The van der Waals surface area contributed by atoms with Crippen LogP contribution in [0.4, 0.5) is 0 Å². The van der Waals surface area contributed by atoms with Crippen LogP contribution in [0.2, 0.25) is 0 Å². The Bertz CT molecular complexity index is 1120. The van der Waals surface area contributed by atoms with Crippen molar-refractivity contribution < 1.29 is 18.7 Å². The van der Waals surface area contributed by atoms with E-state index in [2.05, 4.69) is 35.7 Å². The van der Waals surface area contributed by atoms with Crippen LogP contribution in [0.25, 0.3) is 0 Å². The summed E-state index contributed by atoms with van der Waals surface area (Å²) in [6, 6.07) is 19.9. The third-order valence-corrected chi connectivity index (χ3v) is 7.03. The molecule has 2 aromatic carbocycles. The molecule has 0 radical (unpaired) electrons. The van der Waals surface area contributed by atoms with Gasteiger partial charge in [0, 0.05) is 25.2 Å². The van der Waals surface area contributed by atoms with Gasteiger partial charge >= 0.3 is 0 Å². The van der Waals surface area contributed by atoms with E-state index < -0.39 is 0 Å². The molecule has 3 aromatic rings. The number of methoxy groups -OCH3 is 1. The zero-order valence-electron chi connectivity index (χ0n) is 21.3. The predicted octanol–water partition coefficient (Wildman–Crippen LogP) is 5.45. The van der Waals surface area contributed by atoms with E-state index in [1.165, 1.54) is 5.56 Å². The number of carbonyl (C=O) groups is 1. The van der Waals surface area contributed by atoms with E-state index in [-0.39, 0.29) is 11.9 Å². The number of amides is 1. The van der Waals surface area contributed by atoms with Gasteiger partial charge < -0.3 is 18.8 Å². The number of likely N-dealkylation sites (tertiary alicyclic amines) is 1. The fourth-order valence-electron chi connectivity index (χ4n) is 5.05. The highest BCUT2D eigenvalue weighted by molar-refractivity contribution is 5.91. The van der Waals surface area contributed by atoms with Crippen molar-refractivity contribution >= 4 is 5.91 Å². The number of para-hydroxylation sites is 1. The second-order valence-electron chi connectivity index (χ2n) is 9.34. The van der Waals surface area contributed by atoms with Gasteiger partial charge in [0.15, 0.2) is 5.76 Å². The molecule has 1 atom stereocenters. The van der Waals surface area contributed by atoms with Gasteiger partial charge in [-0.2, -0.15) is 0 Å². The minimum atomic E-state index is -0.0800. The first-order chi connectivity index (χ1) is 17.6. The van der Waals surface area contributed by atoms with E-state index in [0.717, 1.165) is 56.0 Å². The highest BCUT2D eigenvalue weighted by atomic mass is 16.5. The van der Waals surface area contributed by atoms with Crippen LogP contribution in [0.15, 0.2) is 84.0 Å². The monoisotopic (exact) mass is 488 g/mol. The second kappa shape index (κ2) is 12.5. The summed E-state index contributed by atoms with van der Waals surface area (Å²) in [6.45, 7) is 7.04. The highest BCUT2D eigenvalue weighted by Crippen LogP contribution is 2.30. The van der Waals surface area contributed by atoms with Crippen LogP contribution in [0.3, 0.4) is 0 Å². The minimum Gasteiger partial charge on any atom is -0.497 e. The van der Waals surface area contributed by atoms with Crippen LogP contribution in [-0.2, 0) is 13.0 Å². The topological polar surface area (TPSA) is 55.2 Å². The van der Waals surface area contributed by atoms with Crippen LogP contribution in [0.5, 0.6) is 11.5 Å². The lowest BCUT2D eigenvalue weighted by molar-refractivity contribution is 0.0555. The smallest absolute Gasteiger partial charge is 0.289 e. The summed E-state index contributed by atoms with van der Waals surface area (Å²) in [5.74, 6) is 2.42. The standard InChI is InChI=1S/C30H36N2O4/c1-4-18-35-28-12-6-5-10-25(28)22-32-16-14-24(15-17-32)27(21-23-9-7-11-26(20-23)34-3)31(2)30(33)29-13-8-19-36-29/h4-13,19-20,24,27H,1,14-18,21-22H2,2-3H3. The number of furan rings is 1. The molecule has 36 heavy (non-hydrogen) atoms. The molecule has 0 bridgehead atoms. The Kier molecular flexibility index (Phi) is 8.85. The molecular formula is C30H36N2O4. The Balaban J connectivity index is 1.46. The van der Waals surface area contributed by atoms with Gasteiger partial charge in [-0.1, -0.05) is 43.0 Å². The number of hydrogen-bond donors (Lipinski definition) is 0. The molecule has 1 aliphatic heterocycles. The number of nitrogens with zero attached hydrogens (tertiary/aromatic N) is 2. The molecule has 6 nitrogen and oxygen atoms in total. The summed E-state index contributed by atoms with van der Waals surface area (Å²) in [4.78, 5) is 17.6. The number of hydrogen-bond acceptors (Lipinski definition) is 5. The Morgan fingerprint density at radius 3 is 2.69 bits per heavy atom. The number of benzene rings is 2. The minimum absolute atomic E-state index is 0.0556. The average molecular weight is 489 g/mol. The Labute approximate surface area is 214 Å². The van der Waals surface area contributed by atoms with Gasteiger partial charge in [-0.15, -0.1) is 0 Å². The number of likely N-dealkylation sites (N-methyl/N-ethyl adjacent to an activating group) is 1. The summed E-state index contributed by atoms with van der Waals surface area (Å²) < 4.78 is 16.7. The van der Waals surface area contributed by atoms with Crippen molar-refractivity contribution in [3.63, 3.8) is 0 Å². The van der Waals surface area contributed by atoms with Crippen molar-refractivity contribution in [2.75, 3.05) is 33.9 Å². The molecule has 1 unspecified atom stereocenters. The van der Waals surface area contributed by atoms with E-state index >= 15 is 0 Å². The average Bonchev–Trinajstić information content (AvgIpc) is 3.46. The van der Waals surface area contributed by atoms with Crippen LogP contribution >= 0.6 is 0 Å². The fraction of sp³-hybridized carbons (Fsp3) is 0.367. The van der Waals surface area contributed by atoms with Gasteiger partial charge in [0.2, 0.25) is 0 Å². The number of carbonyl (C=O) groups excluding carboxylic acids is 1. The van der Waals surface area contributed by atoms with Crippen molar-refractivity contribution in [2.45, 2.75) is 31.8 Å². The molecule has 0 saturated carbocycles. The maximum absolute atomic E-state index is 13.2. The molecule has 2 heterocycles. The lowest BCUT2D eigenvalue weighted by atomic mass is 9.84. The zero-order chi connectivity index (χ0) is 25.3. The molecular weight excluding hydrogens is 452 g/mol. The van der Waals surface area contributed by atoms with Crippen molar-refractivity contribution in [3.8, 4) is 11.5 Å². The summed E-state index contributed by atoms with van der Waals surface area (Å²) >= 11 is 0. The van der Waals surface area contributed by atoms with Gasteiger partial charge in [0.05, 0.1) is 13.4 Å². The zero-order valence-corrected chi connectivity index (χ0v) is 21.3. The molecule has 1 aliphatic rings. The van der Waals surface area contributed by atoms with Crippen molar-refractivity contribution in [2.24, 2.45) is 5.92 Å². The molecule has 1 saturated heterocycles. The quantitative estimate of drug-likeness (QED) is 0.336. The first-order valence-electron chi connectivity index (χ1n) is 12.6. The molecule has 1 amide bonds. The van der Waals surface area contributed by atoms with E-state index in [4.69, 9.17) is 13.9 Å². The highest BCUT2D eigenvalue weighted by Gasteiger charge is 2.33. The Morgan fingerprint density at radius 1 is 1.17 bits per heavy atom. The molecule has 1 fully saturated rings. The van der Waals surface area contributed by atoms with Crippen LogP contribution in [-0.4, -0.2) is 55.6 Å². The summed E-state index contributed by atoms with van der Waals surface area (Å²) in [6.07, 6.45) is 6.11. The molecule has 4 rings (SSSR count). The van der Waals surface area contributed by atoms with E-state index in [0.29, 0.717) is 18.3 Å². The third kappa shape index (κ3) is 6.38. The Morgan fingerprint density at radius 2 is 1.97 bits per heavy atom. The molecule has 190 valence electrons. The number of ether oxygens (including phenoxy) is 2. The third-order valence-electron chi connectivity index (χ3n) is 7.03. The first-order valence-corrected chi connectivity index (χ1v) is 12.6. The largest absolute Gasteiger partial charge is 0.497 e. The Hall–Kier alpha value is -3.51. The fourth-order valence-corrected chi connectivity index (χ4v) is 5.05. The molecule has 0 N–H and O–H groups in total. The molecule has 6 heteroatoms. The van der Waals surface area contributed by atoms with Gasteiger partial charge in [-0.25, -0.2) is 0 Å². The summed E-state index contributed by atoms with van der Waals surface area (Å²) in [5, 5.41) is 0. The molecule has 0 spiro atoms. The number of rotatable bonds is 11. The van der Waals surface area contributed by atoms with E-state index in [9.17, 15) is 4.79 Å². The second-order valence-corrected chi connectivity index (χ2v) is 9.34. The SMILES string of the molecule is C=CCOc1ccccc1CN1CCC(C(Cc2cccc(OC)c2)N(C)C(=O)c2ccco2)CC1. The van der Waals surface area contributed by atoms with Crippen molar-refractivity contribution in [3.05, 3.63) is 96.5 Å². The van der Waals surface area contributed by atoms with E-state index in [1.54, 1.807) is 31.6 Å². The van der Waals surface area contributed by atoms with Gasteiger partial charge in [0.25, 0.3) is 5.91 Å². The number of piperidine rings is 1. The molecule has 1 aromatic heterocycles. The normalized spacial score (nSPS) is 15.3. The molecule has 0 aliphatic carbocycles. The maximum Gasteiger partial charge on any atom is 0.289 e.